The van der Waals surface area contributed by atoms with Gasteiger partial charge in [0.25, 0.3) is 0 Å². The number of hydrogen-bond acceptors (Lipinski definition) is 3. The van der Waals surface area contributed by atoms with Crippen molar-refractivity contribution in [3.63, 3.8) is 0 Å². The van der Waals surface area contributed by atoms with Gasteiger partial charge in [0.15, 0.2) is 0 Å². The Bertz CT molecular complexity index is 442. The molecule has 0 saturated carbocycles. The summed E-state index contributed by atoms with van der Waals surface area (Å²) >= 11 is 5.77. The van der Waals surface area contributed by atoms with E-state index in [2.05, 4.69) is 9.88 Å². The first-order valence-electron chi connectivity index (χ1n) is 4.80. The zero-order valence-electron chi connectivity index (χ0n) is 7.61. The van der Waals surface area contributed by atoms with Crippen molar-refractivity contribution in [2.24, 2.45) is 0 Å². The molecule has 0 radical (unpaired) electrons. The average molecular weight is 212 g/mol. The van der Waals surface area contributed by atoms with Crippen LogP contribution < -0.4 is 10.6 Å². The fraction of sp³-hybridized carbons (Fsp3) is 0.556. The zero-order valence-corrected chi connectivity index (χ0v) is 8.37. The van der Waals surface area contributed by atoms with Gasteiger partial charge in [0.2, 0.25) is 0 Å². The molecule has 0 unspecified atom stereocenters. The third-order valence-electron chi connectivity index (χ3n) is 3.02. The van der Waals surface area contributed by atoms with Crippen LogP contribution in [-0.4, -0.2) is 22.1 Å². The Kier molecular flexibility index (Phi) is 1.62. The summed E-state index contributed by atoms with van der Waals surface area (Å²) in [6.07, 6.45) is 2.37. The van der Waals surface area contributed by atoms with Crippen LogP contribution in [0.5, 0.6) is 0 Å². The molecule has 4 nitrogen and oxygen atoms in total. The number of hydrogen-bond donors (Lipinski definition) is 0. The van der Waals surface area contributed by atoms with Gasteiger partial charge in [-0.05, 0) is 12.8 Å². The molecule has 0 bridgehead atoms. The molecule has 1 atom stereocenters. The molecule has 0 N–H and O–H groups in total. The highest BCUT2D eigenvalue weighted by Crippen LogP contribution is 2.32. The van der Waals surface area contributed by atoms with Crippen molar-refractivity contribution in [3.8, 4) is 0 Å². The van der Waals surface area contributed by atoms with Gasteiger partial charge in [-0.2, -0.15) is 4.98 Å². The average Bonchev–Trinajstić information content (AvgIpc) is 2.65. The Morgan fingerprint density at radius 3 is 3.29 bits per heavy atom. The molecule has 5 heteroatoms. The lowest BCUT2D eigenvalue weighted by molar-refractivity contribution is 0.604. The Morgan fingerprint density at radius 1 is 1.57 bits per heavy atom. The second kappa shape index (κ2) is 2.73. The van der Waals surface area contributed by atoms with Gasteiger partial charge in [-0.25, -0.2) is 4.79 Å². The topological polar surface area (TPSA) is 38.1 Å². The van der Waals surface area contributed by atoms with Gasteiger partial charge >= 0.3 is 5.69 Å². The highest BCUT2D eigenvalue weighted by atomic mass is 35.5. The minimum atomic E-state index is -0.220. The van der Waals surface area contributed by atoms with Crippen LogP contribution in [0.3, 0.4) is 0 Å². The number of fused-ring (bicyclic) bond motifs is 3. The molecule has 0 aliphatic carbocycles. The lowest BCUT2D eigenvalue weighted by Crippen LogP contribution is -2.24. The molecule has 14 heavy (non-hydrogen) atoms. The standard InChI is InChI=1S/C9H10ClN3O/c10-7-4-8-12-3-1-2-6(12)5-13(8)9(14)11-7/h4,6H,1-3,5H2/t6-/m0/s1. The molecule has 74 valence electrons. The first-order valence-corrected chi connectivity index (χ1v) is 5.17. The summed E-state index contributed by atoms with van der Waals surface area (Å²) in [5, 5.41) is 0.300. The summed E-state index contributed by atoms with van der Waals surface area (Å²) in [5.74, 6) is 0.942. The van der Waals surface area contributed by atoms with Crippen LogP contribution in [0.4, 0.5) is 5.82 Å². The van der Waals surface area contributed by atoms with Crippen LogP contribution in [0.25, 0.3) is 0 Å². The fourth-order valence-corrected chi connectivity index (χ4v) is 2.58. The van der Waals surface area contributed by atoms with Crippen molar-refractivity contribution in [3.05, 3.63) is 21.7 Å². The summed E-state index contributed by atoms with van der Waals surface area (Å²) < 4.78 is 1.72. The van der Waals surface area contributed by atoms with Gasteiger partial charge in [-0.1, -0.05) is 11.6 Å². The third-order valence-corrected chi connectivity index (χ3v) is 3.22. The molecule has 0 amide bonds. The van der Waals surface area contributed by atoms with Crippen LogP contribution in [-0.2, 0) is 6.54 Å². The largest absolute Gasteiger partial charge is 0.353 e. The Labute approximate surface area is 86.1 Å². The van der Waals surface area contributed by atoms with Crippen molar-refractivity contribution in [1.82, 2.24) is 9.55 Å². The van der Waals surface area contributed by atoms with E-state index in [1.54, 1.807) is 10.6 Å². The van der Waals surface area contributed by atoms with E-state index < -0.39 is 0 Å². The first kappa shape index (κ1) is 8.29. The number of rotatable bonds is 0. The molecular weight excluding hydrogens is 202 g/mol. The molecule has 1 aromatic heterocycles. The van der Waals surface area contributed by atoms with E-state index in [-0.39, 0.29) is 5.69 Å². The van der Waals surface area contributed by atoms with Crippen molar-refractivity contribution < 1.29 is 0 Å². The second-order valence-electron chi connectivity index (χ2n) is 3.82. The Morgan fingerprint density at radius 2 is 2.43 bits per heavy atom. The molecule has 0 spiro atoms. The minimum Gasteiger partial charge on any atom is -0.353 e. The molecule has 1 aromatic rings. The SMILES string of the molecule is O=c1nc(Cl)cc2n1C[C@@H]1CCCN21. The summed E-state index contributed by atoms with van der Waals surface area (Å²) in [7, 11) is 0. The van der Waals surface area contributed by atoms with E-state index in [1.807, 2.05) is 0 Å². The van der Waals surface area contributed by atoms with Crippen LogP contribution in [0, 0.1) is 0 Å². The molecule has 2 aliphatic heterocycles. The van der Waals surface area contributed by atoms with Crippen LogP contribution in [0.1, 0.15) is 12.8 Å². The number of halogens is 1. The predicted molar refractivity (Wildman–Crippen MR) is 53.9 cm³/mol. The summed E-state index contributed by atoms with van der Waals surface area (Å²) in [6, 6.07) is 2.27. The minimum absolute atomic E-state index is 0.220. The molecule has 0 aromatic carbocycles. The van der Waals surface area contributed by atoms with Crippen LogP contribution in [0.2, 0.25) is 5.15 Å². The summed E-state index contributed by atoms with van der Waals surface area (Å²) in [4.78, 5) is 17.5. The number of aromatic nitrogens is 2. The normalized spacial score (nSPS) is 23.8. The highest BCUT2D eigenvalue weighted by Gasteiger charge is 2.33. The number of nitrogens with zero attached hydrogens (tertiary/aromatic N) is 3. The van der Waals surface area contributed by atoms with Gasteiger partial charge in [0.05, 0.1) is 0 Å². The Balaban J connectivity index is 2.19. The van der Waals surface area contributed by atoms with Crippen molar-refractivity contribution in [2.45, 2.75) is 25.4 Å². The predicted octanol–water partition coefficient (Wildman–Crippen LogP) is 0.879. The van der Waals surface area contributed by atoms with Gasteiger partial charge in [-0.15, -0.1) is 0 Å². The van der Waals surface area contributed by atoms with E-state index >= 15 is 0 Å². The maximum absolute atomic E-state index is 11.5. The van der Waals surface area contributed by atoms with Crippen molar-refractivity contribution >= 4 is 17.4 Å². The molecule has 3 heterocycles. The third kappa shape index (κ3) is 1.00. The quantitative estimate of drug-likeness (QED) is 0.598. The fourth-order valence-electron chi connectivity index (χ4n) is 2.41. The maximum atomic E-state index is 11.5. The van der Waals surface area contributed by atoms with Gasteiger partial charge in [0.1, 0.15) is 11.0 Å². The highest BCUT2D eigenvalue weighted by molar-refractivity contribution is 6.29. The molecule has 2 aliphatic rings. The first-order chi connectivity index (χ1) is 6.75. The van der Waals surface area contributed by atoms with E-state index in [9.17, 15) is 4.79 Å². The van der Waals surface area contributed by atoms with Gasteiger partial charge < -0.3 is 4.90 Å². The van der Waals surface area contributed by atoms with Gasteiger partial charge in [0, 0.05) is 25.2 Å². The summed E-state index contributed by atoms with van der Waals surface area (Å²) in [6.45, 7) is 1.81. The van der Waals surface area contributed by atoms with Crippen molar-refractivity contribution in [2.75, 3.05) is 11.4 Å². The molecule has 3 rings (SSSR count). The monoisotopic (exact) mass is 211 g/mol. The smallest absolute Gasteiger partial charge is 0.350 e. The van der Waals surface area contributed by atoms with E-state index in [0.717, 1.165) is 18.9 Å². The molecule has 1 fully saturated rings. The van der Waals surface area contributed by atoms with Crippen LogP contribution >= 0.6 is 11.6 Å². The molecular formula is C9H10ClN3O. The van der Waals surface area contributed by atoms with E-state index in [1.165, 1.54) is 12.8 Å². The number of anilines is 1. The lowest BCUT2D eigenvalue weighted by Gasteiger charge is -2.16. The van der Waals surface area contributed by atoms with Crippen molar-refractivity contribution in [1.29, 1.82) is 0 Å². The lowest BCUT2D eigenvalue weighted by atomic mass is 10.2. The Hall–Kier alpha value is -1.03. The maximum Gasteiger partial charge on any atom is 0.350 e. The second-order valence-corrected chi connectivity index (χ2v) is 4.21. The van der Waals surface area contributed by atoms with Gasteiger partial charge in [-0.3, -0.25) is 4.57 Å². The zero-order chi connectivity index (χ0) is 9.71. The van der Waals surface area contributed by atoms with E-state index in [0.29, 0.717) is 11.2 Å². The van der Waals surface area contributed by atoms with E-state index in [4.69, 9.17) is 11.6 Å². The van der Waals surface area contributed by atoms with Crippen LogP contribution in [0.15, 0.2) is 10.9 Å². The summed E-state index contributed by atoms with van der Waals surface area (Å²) in [5.41, 5.74) is -0.220. The molecule has 1 saturated heterocycles.